The van der Waals surface area contributed by atoms with E-state index in [-0.39, 0.29) is 11.8 Å². The Hall–Kier alpha value is -1.27. The van der Waals surface area contributed by atoms with E-state index in [0.29, 0.717) is 11.5 Å². The summed E-state index contributed by atoms with van der Waals surface area (Å²) in [5.74, 6) is 5.89. The van der Waals surface area contributed by atoms with Gasteiger partial charge in [0.15, 0.2) is 0 Å². The number of rotatable bonds is 12. The maximum absolute atomic E-state index is 13.6. The lowest BCUT2D eigenvalue weighted by molar-refractivity contribution is 0.261. The number of thiocarbonyl (C=S) groups is 4. The maximum atomic E-state index is 13.6. The summed E-state index contributed by atoms with van der Waals surface area (Å²) in [5, 5.41) is 0. The predicted molar refractivity (Wildman–Crippen MR) is 216 cm³/mol. The molecule has 6 rings (SSSR count). The van der Waals surface area contributed by atoms with Crippen LogP contribution in [0.5, 0.6) is 0 Å². The third-order valence-corrected chi connectivity index (χ3v) is 15.2. The summed E-state index contributed by atoms with van der Waals surface area (Å²) in [4.78, 5) is 7.94. The first-order valence-corrected chi connectivity index (χ1v) is 21.3. The minimum absolute atomic E-state index is 0.276. The normalized spacial score (nSPS) is 24.6. The molecule has 0 N–H and O–H groups in total. The van der Waals surface area contributed by atoms with Gasteiger partial charge in [-0.15, -0.1) is 0 Å². The van der Waals surface area contributed by atoms with Crippen molar-refractivity contribution >= 4 is 103 Å². The molecule has 4 unspecified atom stereocenters. The van der Waals surface area contributed by atoms with Crippen molar-refractivity contribution in [1.82, 2.24) is 9.80 Å². The van der Waals surface area contributed by atoms with Crippen molar-refractivity contribution in [2.75, 3.05) is 34.5 Å². The van der Waals surface area contributed by atoms with Crippen molar-refractivity contribution < 1.29 is 4.21 Å². The number of hydrogen-bond acceptors (Lipinski definition) is 7. The average Bonchev–Trinajstić information content (AvgIpc) is 3.72. The van der Waals surface area contributed by atoms with Crippen molar-refractivity contribution in [3.8, 4) is 0 Å². The minimum Gasteiger partial charge on any atom is -0.316 e. The number of nitrogens with zero attached hydrogens (tertiary/aromatic N) is 2. The van der Waals surface area contributed by atoms with Gasteiger partial charge < -0.3 is 9.80 Å². The van der Waals surface area contributed by atoms with Crippen LogP contribution in [-0.2, 0) is 21.9 Å². The molecule has 0 radical (unpaired) electrons. The first kappa shape index (κ1) is 34.6. The fraction of sp³-hybridized carbons (Fsp3) is 0.444. The highest BCUT2D eigenvalue weighted by Crippen LogP contribution is 2.44. The molecule has 2 fully saturated rings. The molecule has 0 amide bonds. The van der Waals surface area contributed by atoms with Crippen LogP contribution in [0.25, 0.3) is 0 Å². The summed E-state index contributed by atoms with van der Waals surface area (Å²) in [7, 11) is -0.955. The van der Waals surface area contributed by atoms with E-state index in [4.69, 9.17) is 48.9 Å². The fourth-order valence-corrected chi connectivity index (χ4v) is 13.2. The van der Waals surface area contributed by atoms with Gasteiger partial charge in [-0.3, -0.25) is 4.21 Å². The molecule has 0 aromatic heterocycles. The van der Waals surface area contributed by atoms with E-state index in [1.54, 1.807) is 0 Å². The van der Waals surface area contributed by atoms with Crippen LogP contribution in [0.1, 0.15) is 50.7 Å². The molecule has 4 atom stereocenters. The lowest BCUT2D eigenvalue weighted by atomic mass is 9.83. The molecule has 242 valence electrons. The number of fused-ring (bicyclic) bond motifs is 2. The highest BCUT2D eigenvalue weighted by molar-refractivity contribution is 8.00. The summed E-state index contributed by atoms with van der Waals surface area (Å²) >= 11 is 28.0. The minimum atomic E-state index is -0.955. The Balaban J connectivity index is 1.13. The van der Waals surface area contributed by atoms with Gasteiger partial charge >= 0.3 is 0 Å². The number of thioether (sulfide) groups is 2. The largest absolute Gasteiger partial charge is 0.316 e. The second-order valence-electron chi connectivity index (χ2n) is 12.9. The van der Waals surface area contributed by atoms with Crippen LogP contribution in [0.15, 0.2) is 84.0 Å². The third-order valence-electron chi connectivity index (χ3n) is 9.95. The van der Waals surface area contributed by atoms with Gasteiger partial charge in [0.2, 0.25) is 0 Å². The summed E-state index contributed by atoms with van der Waals surface area (Å²) < 4.78 is 13.6. The van der Waals surface area contributed by atoms with E-state index in [9.17, 15) is 4.21 Å². The van der Waals surface area contributed by atoms with E-state index in [2.05, 4.69) is 84.3 Å². The monoisotopic (exact) mass is 740 g/mol. The Morgan fingerprint density at radius 2 is 1.09 bits per heavy atom. The molecule has 2 aromatic carbocycles. The zero-order valence-electron chi connectivity index (χ0n) is 26.3. The molecule has 2 saturated heterocycles. The van der Waals surface area contributed by atoms with E-state index in [1.807, 2.05) is 35.7 Å². The molecular weight excluding hydrogens is 701 g/mol. The van der Waals surface area contributed by atoms with Gasteiger partial charge in [-0.2, -0.15) is 23.5 Å². The Morgan fingerprint density at radius 3 is 1.48 bits per heavy atom. The van der Waals surface area contributed by atoms with Crippen LogP contribution in [0.3, 0.4) is 0 Å². The van der Waals surface area contributed by atoms with Crippen molar-refractivity contribution in [3.05, 3.63) is 95.1 Å². The molecule has 4 heterocycles. The topological polar surface area (TPSA) is 23.6 Å². The first-order chi connectivity index (χ1) is 22.1. The highest BCUT2D eigenvalue weighted by Gasteiger charge is 2.45. The summed E-state index contributed by atoms with van der Waals surface area (Å²) in [6, 6.07) is 21.1. The molecule has 4 aliphatic heterocycles. The Kier molecular flexibility index (Phi) is 11.0. The van der Waals surface area contributed by atoms with Crippen molar-refractivity contribution in [1.29, 1.82) is 0 Å². The number of hydrogen-bond donors (Lipinski definition) is 0. The van der Waals surface area contributed by atoms with Crippen LogP contribution in [0, 0.1) is 11.8 Å². The van der Waals surface area contributed by atoms with E-state index in [0.717, 1.165) is 68.6 Å². The molecule has 2 aromatic rings. The summed E-state index contributed by atoms with van der Waals surface area (Å²) in [5.41, 5.74) is 4.31. The molecule has 0 saturated carbocycles. The molecule has 0 bridgehead atoms. The smallest absolute Gasteiger partial charge is 0.107 e. The summed E-state index contributed by atoms with van der Waals surface area (Å²) in [6.07, 6.45) is 7.63. The first-order valence-electron chi connectivity index (χ1n) is 15.9. The van der Waals surface area contributed by atoms with Crippen LogP contribution < -0.4 is 0 Å². The van der Waals surface area contributed by atoms with E-state index in [1.165, 1.54) is 22.3 Å². The van der Waals surface area contributed by atoms with Gasteiger partial charge in [-0.1, -0.05) is 110 Å². The molecule has 46 heavy (non-hydrogen) atoms. The highest BCUT2D eigenvalue weighted by atomic mass is 32.2. The third kappa shape index (κ3) is 6.78. The van der Waals surface area contributed by atoms with Crippen LogP contribution in [0.2, 0.25) is 0 Å². The fourth-order valence-electron chi connectivity index (χ4n) is 7.32. The van der Waals surface area contributed by atoms with Gasteiger partial charge in [0, 0.05) is 57.2 Å². The summed E-state index contributed by atoms with van der Waals surface area (Å²) in [6.45, 7) is 4.51. The number of benzene rings is 2. The Morgan fingerprint density at radius 1 is 0.696 bits per heavy atom. The average molecular weight is 741 g/mol. The zero-order chi connectivity index (χ0) is 32.5. The molecule has 3 nitrogen and oxygen atoms in total. The van der Waals surface area contributed by atoms with Gasteiger partial charge in [0.1, 0.15) is 9.98 Å². The van der Waals surface area contributed by atoms with Crippen LogP contribution >= 0.6 is 72.4 Å². The Labute approximate surface area is 306 Å². The second-order valence-corrected chi connectivity index (χ2v) is 18.4. The Bertz CT molecular complexity index is 1490. The van der Waals surface area contributed by atoms with Crippen LogP contribution in [0.4, 0.5) is 0 Å². The van der Waals surface area contributed by atoms with E-state index >= 15 is 0 Å². The quantitative estimate of drug-likeness (QED) is 0.198. The van der Waals surface area contributed by atoms with Gasteiger partial charge in [0.05, 0.1) is 21.1 Å². The van der Waals surface area contributed by atoms with Crippen LogP contribution in [-0.4, -0.2) is 68.5 Å². The van der Waals surface area contributed by atoms with E-state index < -0.39 is 21.9 Å². The molecule has 4 aliphatic rings. The zero-order valence-corrected chi connectivity index (χ0v) is 32.0. The standard InChI is InChI=1S/C36H40N2OS7/c1-35(27-11-5-3-6-12-27,37-31(40)19-25-21-44-23-29(25)33(37)42)15-9-17-46(39)18-10-16-36(2,28-13-7-4-8-14-28)38-32(41)20-26-22-45-24-30(26)34(38)43/h3-8,11-14,19-20,29-30H,9-10,15-18,21-24H2,1-2H3. The van der Waals surface area contributed by atoms with Crippen molar-refractivity contribution in [2.24, 2.45) is 11.8 Å². The van der Waals surface area contributed by atoms with Gasteiger partial charge in [-0.05, 0) is 74.0 Å². The molecule has 0 aliphatic carbocycles. The SMILES string of the molecule is CC(CCCS(=O)CCCC(C)(c1ccccc1)N1C(=S)C=C2CSCC2C1=S)(c1ccccc1)N1C(=S)C=C2CSCC2C1=S. The predicted octanol–water partition coefficient (Wildman–Crippen LogP) is 8.65. The lowest BCUT2D eigenvalue weighted by Gasteiger charge is -2.46. The van der Waals surface area contributed by atoms with Gasteiger partial charge in [-0.25, -0.2) is 0 Å². The molecule has 10 heteroatoms. The second kappa shape index (κ2) is 14.7. The maximum Gasteiger partial charge on any atom is 0.107 e. The molecular formula is C36H40N2OS7. The van der Waals surface area contributed by atoms with Crippen molar-refractivity contribution in [3.63, 3.8) is 0 Å². The van der Waals surface area contributed by atoms with Gasteiger partial charge in [0.25, 0.3) is 0 Å². The van der Waals surface area contributed by atoms with Crippen molar-refractivity contribution in [2.45, 2.75) is 50.6 Å². The molecule has 0 spiro atoms. The lowest BCUT2D eigenvalue weighted by Crippen LogP contribution is -2.53.